The lowest BCUT2D eigenvalue weighted by atomic mass is 9.49. The van der Waals surface area contributed by atoms with E-state index in [-0.39, 0.29) is 29.0 Å². The van der Waals surface area contributed by atoms with E-state index < -0.39 is 5.41 Å². The van der Waals surface area contributed by atoms with Crippen LogP contribution in [0.2, 0.25) is 0 Å². The normalized spacial score (nSPS) is 25.7. The van der Waals surface area contributed by atoms with Gasteiger partial charge in [-0.15, -0.1) is 0 Å². The van der Waals surface area contributed by atoms with E-state index in [2.05, 4.69) is 39.8 Å². The highest BCUT2D eigenvalue weighted by atomic mass is 16.5. The fourth-order valence-corrected chi connectivity index (χ4v) is 7.15. The number of hydrogen-bond acceptors (Lipinski definition) is 4. The molecule has 0 amide bonds. The molecule has 4 nitrogen and oxygen atoms in total. The highest BCUT2D eigenvalue weighted by Gasteiger charge is 2.56. The van der Waals surface area contributed by atoms with Crippen LogP contribution in [-0.4, -0.2) is 23.8 Å². The third-order valence-corrected chi connectivity index (χ3v) is 8.84. The van der Waals surface area contributed by atoms with E-state index in [0.717, 1.165) is 43.0 Å². The zero-order chi connectivity index (χ0) is 25.0. The van der Waals surface area contributed by atoms with Gasteiger partial charge in [-0.2, -0.15) is 0 Å². The number of benzene rings is 2. The van der Waals surface area contributed by atoms with Gasteiger partial charge in [0.2, 0.25) is 5.78 Å². The van der Waals surface area contributed by atoms with E-state index in [4.69, 9.17) is 9.72 Å². The Kier molecular flexibility index (Phi) is 5.82. The molecule has 3 aromatic rings. The molecule has 1 heterocycles. The standard InChI is InChI=1S/C31H35NO3/c1-19(2)23-18-21-12-15-25-30(3,16-9-17-31(25,4)29(34)35-5)26(21)22-13-14-24(32-27(22)23)28(33)20-10-7-6-8-11-20/h6-8,10-11,13-14,18-19,25H,9,12,15-17H2,1-5H3/t25-,30+,31-/m1/s1. The molecular weight excluding hydrogens is 434 g/mol. The quantitative estimate of drug-likeness (QED) is 0.312. The Morgan fingerprint density at radius 3 is 2.49 bits per heavy atom. The van der Waals surface area contributed by atoms with Crippen LogP contribution in [-0.2, 0) is 21.4 Å². The first-order chi connectivity index (χ1) is 16.7. The molecular formula is C31H35NO3. The molecule has 0 spiro atoms. The van der Waals surface area contributed by atoms with Crippen molar-refractivity contribution >= 4 is 22.7 Å². The summed E-state index contributed by atoms with van der Waals surface area (Å²) in [7, 11) is 1.51. The molecule has 2 aromatic carbocycles. The van der Waals surface area contributed by atoms with E-state index in [9.17, 15) is 9.59 Å². The van der Waals surface area contributed by atoms with Crippen molar-refractivity contribution in [3.63, 3.8) is 0 Å². The van der Waals surface area contributed by atoms with Gasteiger partial charge in [-0.1, -0.05) is 69.7 Å². The molecule has 0 saturated heterocycles. The number of methoxy groups -OCH3 is 1. The second-order valence-corrected chi connectivity index (χ2v) is 11.2. The van der Waals surface area contributed by atoms with Crippen LogP contribution >= 0.6 is 0 Å². The van der Waals surface area contributed by atoms with E-state index in [1.165, 1.54) is 23.8 Å². The Morgan fingerprint density at radius 1 is 1.06 bits per heavy atom. The third-order valence-electron chi connectivity index (χ3n) is 8.84. The summed E-state index contributed by atoms with van der Waals surface area (Å²) in [6.07, 6.45) is 4.82. The maximum Gasteiger partial charge on any atom is 0.311 e. The molecule has 1 aromatic heterocycles. The van der Waals surface area contributed by atoms with Crippen LogP contribution in [0.5, 0.6) is 0 Å². The van der Waals surface area contributed by atoms with Gasteiger partial charge in [0, 0.05) is 10.9 Å². The van der Waals surface area contributed by atoms with Gasteiger partial charge in [0.25, 0.3) is 0 Å². The van der Waals surface area contributed by atoms with Gasteiger partial charge < -0.3 is 4.74 Å². The minimum atomic E-state index is -0.487. The molecule has 182 valence electrons. The Labute approximate surface area is 208 Å². The van der Waals surface area contributed by atoms with Crippen molar-refractivity contribution in [2.24, 2.45) is 11.3 Å². The minimum Gasteiger partial charge on any atom is -0.469 e. The number of hydrogen-bond donors (Lipinski definition) is 0. The van der Waals surface area contributed by atoms with Crippen molar-refractivity contribution in [2.45, 2.75) is 71.1 Å². The molecule has 1 saturated carbocycles. The summed E-state index contributed by atoms with van der Waals surface area (Å²) in [5, 5.41) is 1.14. The number of fused-ring (bicyclic) bond motifs is 5. The SMILES string of the molecule is COC(=O)[C@]1(C)CCC[C@]2(C)c3c(cc(C(C)C)c4nc(C(=O)c5ccccc5)ccc34)CC[C@@H]12. The van der Waals surface area contributed by atoms with Crippen LogP contribution in [0.1, 0.15) is 92.0 Å². The highest BCUT2D eigenvalue weighted by Crippen LogP contribution is 2.59. The Bertz CT molecular complexity index is 1310. The fraction of sp³-hybridized carbons (Fsp3) is 0.452. The average molecular weight is 470 g/mol. The van der Waals surface area contributed by atoms with Crippen molar-refractivity contribution in [2.75, 3.05) is 7.11 Å². The van der Waals surface area contributed by atoms with Crippen molar-refractivity contribution in [1.82, 2.24) is 4.98 Å². The predicted molar refractivity (Wildman–Crippen MR) is 139 cm³/mol. The summed E-state index contributed by atoms with van der Waals surface area (Å²) >= 11 is 0. The lowest BCUT2D eigenvalue weighted by Crippen LogP contribution is -2.52. The fourth-order valence-electron chi connectivity index (χ4n) is 7.15. The van der Waals surface area contributed by atoms with Crippen LogP contribution < -0.4 is 0 Å². The number of pyridine rings is 1. The molecule has 0 aliphatic heterocycles. The summed E-state index contributed by atoms with van der Waals surface area (Å²) < 4.78 is 5.31. The molecule has 0 bridgehead atoms. The van der Waals surface area contributed by atoms with E-state index in [1.807, 2.05) is 36.4 Å². The number of aryl methyl sites for hydroxylation is 1. The largest absolute Gasteiger partial charge is 0.469 e. The molecule has 5 rings (SSSR count). The van der Waals surface area contributed by atoms with E-state index >= 15 is 0 Å². The lowest BCUT2D eigenvalue weighted by molar-refractivity contribution is -0.161. The van der Waals surface area contributed by atoms with Crippen LogP contribution in [0.4, 0.5) is 0 Å². The van der Waals surface area contributed by atoms with Crippen LogP contribution in [0.3, 0.4) is 0 Å². The Hall–Kier alpha value is -3.01. The van der Waals surface area contributed by atoms with Crippen LogP contribution in [0.25, 0.3) is 10.9 Å². The van der Waals surface area contributed by atoms with Gasteiger partial charge in [-0.25, -0.2) is 4.98 Å². The third kappa shape index (κ3) is 3.61. The molecule has 35 heavy (non-hydrogen) atoms. The molecule has 2 aliphatic carbocycles. The summed E-state index contributed by atoms with van der Waals surface area (Å²) in [6, 6.07) is 15.7. The van der Waals surface area contributed by atoms with Gasteiger partial charge >= 0.3 is 5.97 Å². The summed E-state index contributed by atoms with van der Waals surface area (Å²) in [5.74, 6) is 0.353. The van der Waals surface area contributed by atoms with Crippen LogP contribution in [0.15, 0.2) is 48.5 Å². The Morgan fingerprint density at radius 2 is 1.80 bits per heavy atom. The van der Waals surface area contributed by atoms with Gasteiger partial charge in [0.1, 0.15) is 5.69 Å². The number of carbonyl (C=O) groups is 2. The molecule has 0 N–H and O–H groups in total. The first-order valence-electron chi connectivity index (χ1n) is 12.9. The molecule has 0 radical (unpaired) electrons. The highest BCUT2D eigenvalue weighted by molar-refractivity contribution is 6.09. The number of aromatic nitrogens is 1. The monoisotopic (exact) mass is 469 g/mol. The number of ketones is 1. The van der Waals surface area contributed by atoms with Gasteiger partial charge in [-0.3, -0.25) is 9.59 Å². The van der Waals surface area contributed by atoms with Gasteiger partial charge in [0.15, 0.2) is 0 Å². The zero-order valence-corrected chi connectivity index (χ0v) is 21.5. The first-order valence-corrected chi connectivity index (χ1v) is 12.9. The van der Waals surface area contributed by atoms with Crippen molar-refractivity contribution in [3.05, 3.63) is 76.5 Å². The maximum absolute atomic E-state index is 13.2. The second kappa shape index (κ2) is 8.58. The second-order valence-electron chi connectivity index (χ2n) is 11.2. The average Bonchev–Trinajstić information content (AvgIpc) is 2.86. The van der Waals surface area contributed by atoms with E-state index in [1.54, 1.807) is 0 Å². The lowest BCUT2D eigenvalue weighted by Gasteiger charge is -2.54. The number of rotatable bonds is 4. The number of nitrogens with zero attached hydrogens (tertiary/aromatic N) is 1. The molecule has 2 aliphatic rings. The zero-order valence-electron chi connectivity index (χ0n) is 21.5. The molecule has 1 fully saturated rings. The van der Waals surface area contributed by atoms with Crippen molar-refractivity contribution < 1.29 is 14.3 Å². The smallest absolute Gasteiger partial charge is 0.311 e. The first kappa shape index (κ1) is 23.7. The summed E-state index contributed by atoms with van der Waals surface area (Å²) in [6.45, 7) is 8.83. The Balaban J connectivity index is 1.72. The van der Waals surface area contributed by atoms with Gasteiger partial charge in [0.05, 0.1) is 18.0 Å². The summed E-state index contributed by atoms with van der Waals surface area (Å²) in [5.41, 5.74) is 5.31. The molecule has 0 unspecified atom stereocenters. The van der Waals surface area contributed by atoms with E-state index in [0.29, 0.717) is 11.3 Å². The predicted octanol–water partition coefficient (Wildman–Crippen LogP) is 6.77. The summed E-state index contributed by atoms with van der Waals surface area (Å²) in [4.78, 5) is 31.2. The van der Waals surface area contributed by atoms with Crippen molar-refractivity contribution in [3.8, 4) is 0 Å². The minimum absolute atomic E-state index is 0.0556. The topological polar surface area (TPSA) is 56.3 Å². The van der Waals surface area contributed by atoms with Crippen LogP contribution in [0, 0.1) is 11.3 Å². The number of ether oxygens (including phenoxy) is 1. The van der Waals surface area contributed by atoms with Gasteiger partial charge in [-0.05, 0) is 72.6 Å². The number of esters is 1. The van der Waals surface area contributed by atoms with Crippen molar-refractivity contribution in [1.29, 1.82) is 0 Å². The molecule has 4 heteroatoms. The maximum atomic E-state index is 13.2. The number of carbonyl (C=O) groups excluding carboxylic acids is 2. The molecule has 3 atom stereocenters.